The molecular formula is C9H17NO3. The van der Waals surface area contributed by atoms with Crippen LogP contribution in [0.15, 0.2) is 0 Å². The number of aliphatic hydroxyl groups is 1. The highest BCUT2D eigenvalue weighted by Crippen LogP contribution is 2.30. The molecule has 0 aromatic heterocycles. The molecule has 1 fully saturated rings. The molecule has 1 aliphatic carbocycles. The number of ether oxygens (including phenoxy) is 1. The van der Waals surface area contributed by atoms with Gasteiger partial charge in [0.1, 0.15) is 0 Å². The number of rotatable bonds is 4. The summed E-state index contributed by atoms with van der Waals surface area (Å²) in [6, 6.07) is -0.474. The molecule has 1 aliphatic rings. The van der Waals surface area contributed by atoms with Crippen molar-refractivity contribution < 1.29 is 14.6 Å². The van der Waals surface area contributed by atoms with Crippen molar-refractivity contribution in [3.8, 4) is 0 Å². The van der Waals surface area contributed by atoms with Crippen molar-refractivity contribution in [2.75, 3.05) is 7.11 Å². The van der Waals surface area contributed by atoms with Gasteiger partial charge in [0, 0.05) is 6.04 Å². The van der Waals surface area contributed by atoms with Crippen LogP contribution in [0.4, 0.5) is 0 Å². The van der Waals surface area contributed by atoms with Gasteiger partial charge in [-0.3, -0.25) is 0 Å². The summed E-state index contributed by atoms with van der Waals surface area (Å²) in [5, 5.41) is 9.36. The number of hydrogen-bond donors (Lipinski definition) is 2. The first-order valence-electron chi connectivity index (χ1n) is 4.66. The Hall–Kier alpha value is -0.610. The minimum absolute atomic E-state index is 0.474. The molecule has 13 heavy (non-hydrogen) atoms. The molecule has 0 heterocycles. The Morgan fingerprint density at radius 1 is 1.69 bits per heavy atom. The van der Waals surface area contributed by atoms with E-state index in [1.807, 2.05) is 0 Å². The molecule has 0 aromatic carbocycles. The van der Waals surface area contributed by atoms with Gasteiger partial charge in [-0.25, -0.2) is 4.79 Å². The largest absolute Gasteiger partial charge is 0.467 e. The zero-order valence-corrected chi connectivity index (χ0v) is 7.90. The molecule has 0 amide bonds. The van der Waals surface area contributed by atoms with E-state index in [0.29, 0.717) is 5.92 Å². The highest BCUT2D eigenvalue weighted by atomic mass is 16.5. The van der Waals surface area contributed by atoms with E-state index in [1.165, 1.54) is 26.4 Å². The number of nitrogens with two attached hydrogens (primary N) is 1. The summed E-state index contributed by atoms with van der Waals surface area (Å²) in [6.07, 6.45) is 3.14. The van der Waals surface area contributed by atoms with Gasteiger partial charge in [-0.1, -0.05) is 19.3 Å². The maximum Gasteiger partial charge on any atom is 0.336 e. The van der Waals surface area contributed by atoms with Crippen LogP contribution in [0.25, 0.3) is 0 Å². The minimum Gasteiger partial charge on any atom is -0.467 e. The van der Waals surface area contributed by atoms with E-state index < -0.39 is 18.1 Å². The average molecular weight is 187 g/mol. The van der Waals surface area contributed by atoms with Gasteiger partial charge in [-0.05, 0) is 12.3 Å². The quantitative estimate of drug-likeness (QED) is 0.609. The number of aliphatic hydroxyl groups excluding tert-OH is 1. The lowest BCUT2D eigenvalue weighted by atomic mass is 9.80. The van der Waals surface area contributed by atoms with Gasteiger partial charge in [0.05, 0.1) is 7.11 Å². The molecular weight excluding hydrogens is 170 g/mol. The van der Waals surface area contributed by atoms with Crippen LogP contribution in [-0.4, -0.2) is 30.3 Å². The van der Waals surface area contributed by atoms with E-state index in [2.05, 4.69) is 4.74 Å². The van der Waals surface area contributed by atoms with Crippen molar-refractivity contribution >= 4 is 5.97 Å². The summed E-state index contributed by atoms with van der Waals surface area (Å²) in [6.45, 7) is 0. The topological polar surface area (TPSA) is 72.5 Å². The van der Waals surface area contributed by atoms with Gasteiger partial charge >= 0.3 is 5.97 Å². The van der Waals surface area contributed by atoms with Crippen LogP contribution >= 0.6 is 0 Å². The van der Waals surface area contributed by atoms with E-state index in [-0.39, 0.29) is 0 Å². The minimum atomic E-state index is -1.16. The van der Waals surface area contributed by atoms with E-state index in [4.69, 9.17) is 5.73 Å². The SMILES string of the molecule is COC(=O)[C@H](O)[C@H](N)CC1CCC1. The molecule has 4 nitrogen and oxygen atoms in total. The van der Waals surface area contributed by atoms with Crippen molar-refractivity contribution in [1.82, 2.24) is 0 Å². The standard InChI is InChI=1S/C9H17NO3/c1-13-9(12)8(11)7(10)5-6-3-2-4-6/h6-8,11H,2-5,10H2,1H3/t7-,8-/m1/s1. The summed E-state index contributed by atoms with van der Waals surface area (Å²) < 4.78 is 4.40. The van der Waals surface area contributed by atoms with E-state index in [0.717, 1.165) is 6.42 Å². The number of carbonyl (C=O) groups excluding carboxylic acids is 1. The Morgan fingerprint density at radius 2 is 2.31 bits per heavy atom. The van der Waals surface area contributed by atoms with Crippen molar-refractivity contribution in [2.45, 2.75) is 37.8 Å². The van der Waals surface area contributed by atoms with Crippen LogP contribution in [0.2, 0.25) is 0 Å². The van der Waals surface area contributed by atoms with Crippen molar-refractivity contribution in [1.29, 1.82) is 0 Å². The summed E-state index contributed by atoms with van der Waals surface area (Å²) in [5.41, 5.74) is 5.65. The molecule has 0 saturated heterocycles. The fourth-order valence-electron chi connectivity index (χ4n) is 1.54. The second-order valence-electron chi connectivity index (χ2n) is 3.66. The predicted octanol–water partition coefficient (Wildman–Crippen LogP) is 0.0378. The van der Waals surface area contributed by atoms with Crippen LogP contribution in [0.1, 0.15) is 25.7 Å². The lowest BCUT2D eigenvalue weighted by Crippen LogP contribution is -2.43. The smallest absolute Gasteiger partial charge is 0.336 e. The normalized spacial score (nSPS) is 21.8. The first kappa shape index (κ1) is 10.5. The fourth-order valence-corrected chi connectivity index (χ4v) is 1.54. The highest BCUT2D eigenvalue weighted by molar-refractivity contribution is 5.75. The summed E-state index contributed by atoms with van der Waals surface area (Å²) in [7, 11) is 1.25. The summed E-state index contributed by atoms with van der Waals surface area (Å²) in [5.74, 6) is -0.0406. The Labute approximate surface area is 78.1 Å². The van der Waals surface area contributed by atoms with Crippen LogP contribution < -0.4 is 5.73 Å². The zero-order valence-electron chi connectivity index (χ0n) is 7.90. The lowest BCUT2D eigenvalue weighted by molar-refractivity contribution is -0.151. The summed E-state index contributed by atoms with van der Waals surface area (Å²) >= 11 is 0. The Kier molecular flexibility index (Phi) is 3.69. The van der Waals surface area contributed by atoms with Gasteiger partial charge in [-0.2, -0.15) is 0 Å². The monoisotopic (exact) mass is 187 g/mol. The molecule has 3 N–H and O–H groups in total. The first-order chi connectivity index (χ1) is 6.15. The maximum atomic E-state index is 10.9. The Morgan fingerprint density at radius 3 is 2.69 bits per heavy atom. The number of carbonyl (C=O) groups is 1. The maximum absolute atomic E-state index is 10.9. The molecule has 0 aliphatic heterocycles. The second kappa shape index (κ2) is 4.58. The Bertz CT molecular complexity index is 180. The number of hydrogen-bond acceptors (Lipinski definition) is 4. The molecule has 0 spiro atoms. The van der Waals surface area contributed by atoms with Crippen LogP contribution in [0, 0.1) is 5.92 Å². The van der Waals surface area contributed by atoms with Crippen molar-refractivity contribution in [2.24, 2.45) is 11.7 Å². The molecule has 0 bridgehead atoms. The molecule has 1 rings (SSSR count). The van der Waals surface area contributed by atoms with Crippen LogP contribution in [0.5, 0.6) is 0 Å². The van der Waals surface area contributed by atoms with E-state index in [9.17, 15) is 9.90 Å². The van der Waals surface area contributed by atoms with Gasteiger partial charge in [-0.15, -0.1) is 0 Å². The highest BCUT2D eigenvalue weighted by Gasteiger charge is 2.28. The van der Waals surface area contributed by atoms with Crippen LogP contribution in [0.3, 0.4) is 0 Å². The van der Waals surface area contributed by atoms with Crippen LogP contribution in [-0.2, 0) is 9.53 Å². The molecule has 0 aromatic rings. The Balaban J connectivity index is 2.27. The average Bonchev–Trinajstić information content (AvgIpc) is 2.08. The zero-order chi connectivity index (χ0) is 9.84. The van der Waals surface area contributed by atoms with E-state index in [1.54, 1.807) is 0 Å². The second-order valence-corrected chi connectivity index (χ2v) is 3.66. The third-order valence-electron chi connectivity index (χ3n) is 2.68. The number of esters is 1. The van der Waals surface area contributed by atoms with Gasteiger partial charge < -0.3 is 15.6 Å². The van der Waals surface area contributed by atoms with E-state index >= 15 is 0 Å². The molecule has 0 radical (unpaired) electrons. The lowest BCUT2D eigenvalue weighted by Gasteiger charge is -2.29. The molecule has 2 atom stereocenters. The third-order valence-corrected chi connectivity index (χ3v) is 2.68. The van der Waals surface area contributed by atoms with Crippen molar-refractivity contribution in [3.63, 3.8) is 0 Å². The summed E-state index contributed by atoms with van der Waals surface area (Å²) in [4.78, 5) is 10.9. The van der Waals surface area contributed by atoms with Gasteiger partial charge in [0.15, 0.2) is 6.10 Å². The fraction of sp³-hybridized carbons (Fsp3) is 0.889. The van der Waals surface area contributed by atoms with Gasteiger partial charge in [0.25, 0.3) is 0 Å². The molecule has 76 valence electrons. The molecule has 1 saturated carbocycles. The van der Waals surface area contributed by atoms with Gasteiger partial charge in [0.2, 0.25) is 0 Å². The predicted molar refractivity (Wildman–Crippen MR) is 48.0 cm³/mol. The molecule has 4 heteroatoms. The first-order valence-corrected chi connectivity index (χ1v) is 4.66. The third kappa shape index (κ3) is 2.67. The molecule has 0 unspecified atom stereocenters. The number of methoxy groups -OCH3 is 1. The van der Waals surface area contributed by atoms with Crippen molar-refractivity contribution in [3.05, 3.63) is 0 Å².